The fourth-order valence-electron chi connectivity index (χ4n) is 3.40. The molecular formula is C21H22N4O3S2. The molecule has 3 aromatic rings. The number of para-hydroxylation sites is 1. The van der Waals surface area contributed by atoms with Gasteiger partial charge < -0.3 is 5.32 Å². The second-order valence-electron chi connectivity index (χ2n) is 7.26. The standard InChI is InChI=1S/C21H22N4O3S2/c1-15-7-9-18(10-8-15)30(27,28)25-13-11-16(12-14-25)20-23-24-21(29-20)19(26)22-17-5-3-2-4-6-17/h2-10,16H,11-14H2,1H3,(H,22,26). The molecule has 7 nitrogen and oxygen atoms in total. The fourth-order valence-corrected chi connectivity index (χ4v) is 5.78. The monoisotopic (exact) mass is 442 g/mol. The third-order valence-electron chi connectivity index (χ3n) is 5.13. The third-order valence-corrected chi connectivity index (χ3v) is 8.13. The number of sulfonamides is 1. The summed E-state index contributed by atoms with van der Waals surface area (Å²) in [6.07, 6.45) is 1.31. The van der Waals surface area contributed by atoms with Crippen molar-refractivity contribution in [2.45, 2.75) is 30.6 Å². The number of nitrogens with zero attached hydrogens (tertiary/aromatic N) is 3. The minimum atomic E-state index is -3.49. The van der Waals surface area contributed by atoms with Gasteiger partial charge in [0.2, 0.25) is 15.0 Å². The van der Waals surface area contributed by atoms with E-state index in [1.807, 2.05) is 49.4 Å². The minimum absolute atomic E-state index is 0.102. The van der Waals surface area contributed by atoms with Crippen LogP contribution in [0.2, 0.25) is 0 Å². The van der Waals surface area contributed by atoms with E-state index in [9.17, 15) is 13.2 Å². The van der Waals surface area contributed by atoms with Crippen LogP contribution in [0.15, 0.2) is 59.5 Å². The summed E-state index contributed by atoms with van der Waals surface area (Å²) in [6.45, 7) is 2.77. The van der Waals surface area contributed by atoms with Crippen molar-refractivity contribution in [3.63, 3.8) is 0 Å². The number of piperidine rings is 1. The summed E-state index contributed by atoms with van der Waals surface area (Å²) < 4.78 is 27.2. The van der Waals surface area contributed by atoms with Crippen molar-refractivity contribution in [3.8, 4) is 0 Å². The summed E-state index contributed by atoms with van der Waals surface area (Å²) in [5.74, 6) is -0.186. The molecule has 1 saturated heterocycles. The largest absolute Gasteiger partial charge is 0.320 e. The number of hydrogen-bond acceptors (Lipinski definition) is 6. The molecule has 1 aromatic heterocycles. The Labute approximate surface area is 179 Å². The summed E-state index contributed by atoms with van der Waals surface area (Å²) in [4.78, 5) is 12.7. The fraction of sp³-hybridized carbons (Fsp3) is 0.286. The van der Waals surface area contributed by atoms with Crippen molar-refractivity contribution in [2.75, 3.05) is 18.4 Å². The van der Waals surface area contributed by atoms with Gasteiger partial charge >= 0.3 is 0 Å². The topological polar surface area (TPSA) is 92.3 Å². The second kappa shape index (κ2) is 8.63. The number of nitrogens with one attached hydrogen (secondary N) is 1. The molecule has 0 atom stereocenters. The van der Waals surface area contributed by atoms with Gasteiger partial charge in [0.25, 0.3) is 5.91 Å². The normalized spacial score (nSPS) is 15.8. The van der Waals surface area contributed by atoms with Gasteiger partial charge in [-0.25, -0.2) is 8.42 Å². The first kappa shape index (κ1) is 20.6. The Balaban J connectivity index is 1.39. The number of hydrogen-bond donors (Lipinski definition) is 1. The Morgan fingerprint density at radius 3 is 2.37 bits per heavy atom. The van der Waals surface area contributed by atoms with Gasteiger partial charge in [0, 0.05) is 24.7 Å². The Morgan fingerprint density at radius 2 is 1.70 bits per heavy atom. The quantitative estimate of drug-likeness (QED) is 0.651. The number of benzene rings is 2. The molecule has 1 N–H and O–H groups in total. The summed E-state index contributed by atoms with van der Waals surface area (Å²) in [5, 5.41) is 12.1. The zero-order valence-electron chi connectivity index (χ0n) is 16.5. The van der Waals surface area contributed by atoms with Crippen LogP contribution in [0, 0.1) is 6.92 Å². The molecule has 0 aliphatic carbocycles. The van der Waals surface area contributed by atoms with E-state index < -0.39 is 10.0 Å². The van der Waals surface area contributed by atoms with E-state index in [-0.39, 0.29) is 11.8 Å². The highest BCUT2D eigenvalue weighted by atomic mass is 32.2. The minimum Gasteiger partial charge on any atom is -0.320 e. The lowest BCUT2D eigenvalue weighted by Crippen LogP contribution is -2.37. The lowest BCUT2D eigenvalue weighted by molar-refractivity contribution is 0.102. The highest BCUT2D eigenvalue weighted by molar-refractivity contribution is 7.89. The molecule has 9 heteroatoms. The first-order chi connectivity index (χ1) is 14.4. The Hall–Kier alpha value is -2.62. The molecule has 156 valence electrons. The maximum absolute atomic E-state index is 12.9. The molecule has 2 heterocycles. The number of rotatable bonds is 5. The first-order valence-corrected chi connectivity index (χ1v) is 12.0. The van der Waals surface area contributed by atoms with Crippen LogP contribution >= 0.6 is 11.3 Å². The molecule has 0 unspecified atom stereocenters. The summed E-state index contributed by atoms with van der Waals surface area (Å²) in [7, 11) is -3.49. The van der Waals surface area contributed by atoms with Gasteiger partial charge in [-0.2, -0.15) is 4.31 Å². The van der Waals surface area contributed by atoms with Crippen molar-refractivity contribution >= 4 is 33.0 Å². The number of amides is 1. The van der Waals surface area contributed by atoms with Gasteiger partial charge in [0.05, 0.1) is 4.90 Å². The van der Waals surface area contributed by atoms with Crippen LogP contribution in [-0.2, 0) is 10.0 Å². The zero-order valence-corrected chi connectivity index (χ0v) is 18.1. The average Bonchev–Trinajstić information content (AvgIpc) is 3.25. The molecular weight excluding hydrogens is 420 g/mol. The maximum Gasteiger partial charge on any atom is 0.286 e. The van der Waals surface area contributed by atoms with Crippen LogP contribution < -0.4 is 5.32 Å². The van der Waals surface area contributed by atoms with Crippen LogP contribution in [0.4, 0.5) is 5.69 Å². The van der Waals surface area contributed by atoms with Crippen LogP contribution in [0.1, 0.15) is 39.1 Å². The molecule has 0 spiro atoms. The van der Waals surface area contributed by atoms with Crippen LogP contribution in [0.5, 0.6) is 0 Å². The number of aromatic nitrogens is 2. The van der Waals surface area contributed by atoms with Gasteiger partial charge in [-0.05, 0) is 44.0 Å². The SMILES string of the molecule is Cc1ccc(S(=O)(=O)N2CCC(c3nnc(C(=O)Nc4ccccc4)s3)CC2)cc1. The number of carbonyl (C=O) groups excluding carboxylic acids is 1. The Kier molecular flexibility index (Phi) is 5.94. The van der Waals surface area contributed by atoms with Gasteiger partial charge in [-0.1, -0.05) is 47.2 Å². The predicted octanol–water partition coefficient (Wildman–Crippen LogP) is 3.67. The van der Waals surface area contributed by atoms with Gasteiger partial charge in [-0.15, -0.1) is 10.2 Å². The Bertz CT molecular complexity index is 1120. The lowest BCUT2D eigenvalue weighted by Gasteiger charge is -2.30. The van der Waals surface area contributed by atoms with E-state index in [4.69, 9.17) is 0 Å². The average molecular weight is 443 g/mol. The summed E-state index contributed by atoms with van der Waals surface area (Å²) >= 11 is 1.27. The third kappa shape index (κ3) is 4.43. The molecule has 1 aliphatic rings. The van der Waals surface area contributed by atoms with Crippen molar-refractivity contribution in [3.05, 3.63) is 70.2 Å². The first-order valence-electron chi connectivity index (χ1n) is 9.70. The molecule has 0 bridgehead atoms. The highest BCUT2D eigenvalue weighted by Gasteiger charge is 2.31. The van der Waals surface area contributed by atoms with Gasteiger partial charge in [-0.3, -0.25) is 4.79 Å². The van der Waals surface area contributed by atoms with Crippen LogP contribution in [0.3, 0.4) is 0 Å². The molecule has 1 fully saturated rings. The zero-order chi connectivity index (χ0) is 21.1. The number of anilines is 1. The maximum atomic E-state index is 12.9. The Morgan fingerprint density at radius 1 is 1.03 bits per heavy atom. The number of carbonyl (C=O) groups is 1. The second-order valence-corrected chi connectivity index (χ2v) is 10.2. The van der Waals surface area contributed by atoms with Crippen LogP contribution in [0.25, 0.3) is 0 Å². The molecule has 30 heavy (non-hydrogen) atoms. The summed E-state index contributed by atoms with van der Waals surface area (Å²) in [6, 6.07) is 16.1. The van der Waals surface area contributed by atoms with Crippen LogP contribution in [-0.4, -0.2) is 41.9 Å². The van der Waals surface area contributed by atoms with E-state index in [0.29, 0.717) is 41.5 Å². The number of aryl methyl sites for hydroxylation is 1. The molecule has 4 rings (SSSR count). The predicted molar refractivity (Wildman–Crippen MR) is 116 cm³/mol. The lowest BCUT2D eigenvalue weighted by atomic mass is 9.99. The molecule has 0 saturated carbocycles. The van der Waals surface area contributed by atoms with E-state index in [2.05, 4.69) is 15.5 Å². The summed E-state index contributed by atoms with van der Waals surface area (Å²) in [5.41, 5.74) is 1.73. The van der Waals surface area contributed by atoms with E-state index >= 15 is 0 Å². The van der Waals surface area contributed by atoms with Gasteiger partial charge in [0.15, 0.2) is 0 Å². The van der Waals surface area contributed by atoms with E-state index in [0.717, 1.165) is 10.6 Å². The van der Waals surface area contributed by atoms with E-state index in [1.54, 1.807) is 12.1 Å². The highest BCUT2D eigenvalue weighted by Crippen LogP contribution is 2.32. The van der Waals surface area contributed by atoms with Crippen molar-refractivity contribution in [1.29, 1.82) is 0 Å². The molecule has 1 aliphatic heterocycles. The smallest absolute Gasteiger partial charge is 0.286 e. The van der Waals surface area contributed by atoms with Crippen molar-refractivity contribution < 1.29 is 13.2 Å². The molecule has 0 radical (unpaired) electrons. The van der Waals surface area contributed by atoms with E-state index in [1.165, 1.54) is 15.6 Å². The van der Waals surface area contributed by atoms with Gasteiger partial charge in [0.1, 0.15) is 5.01 Å². The molecule has 1 amide bonds. The van der Waals surface area contributed by atoms with Crippen molar-refractivity contribution in [2.24, 2.45) is 0 Å². The van der Waals surface area contributed by atoms with Crippen molar-refractivity contribution in [1.82, 2.24) is 14.5 Å². The molecule has 2 aromatic carbocycles.